The molecule has 110 valence electrons. The van der Waals surface area contributed by atoms with Crippen molar-refractivity contribution >= 4 is 17.7 Å². The molecule has 3 nitrogen and oxygen atoms in total. The summed E-state index contributed by atoms with van der Waals surface area (Å²) in [5, 5.41) is 3.30. The third kappa shape index (κ3) is 4.00. The summed E-state index contributed by atoms with van der Waals surface area (Å²) in [5.41, 5.74) is 2.63. The Kier molecular flexibility index (Phi) is 5.49. The van der Waals surface area contributed by atoms with Crippen LogP contribution in [0.5, 0.6) is 0 Å². The molecule has 1 aromatic rings. The SMILES string of the molecule is Cc1ccc(SCCC(=O)N(C)C2CCNC2)cc1C. The van der Waals surface area contributed by atoms with Gasteiger partial charge < -0.3 is 10.2 Å². The van der Waals surface area contributed by atoms with Gasteiger partial charge in [-0.05, 0) is 50.1 Å². The molecule has 1 atom stereocenters. The first-order chi connectivity index (χ1) is 9.58. The standard InChI is InChI=1S/C16H24N2OS/c1-12-4-5-15(10-13(12)2)20-9-7-16(19)18(3)14-6-8-17-11-14/h4-5,10,14,17H,6-9,11H2,1-3H3. The predicted octanol–water partition coefficient (Wildman–Crippen LogP) is 2.61. The number of carbonyl (C=O) groups excluding carboxylic acids is 1. The Balaban J connectivity index is 1.77. The Hall–Kier alpha value is -1.00. The summed E-state index contributed by atoms with van der Waals surface area (Å²) in [6, 6.07) is 6.88. The molecule has 0 spiro atoms. The van der Waals surface area contributed by atoms with E-state index in [2.05, 4.69) is 37.4 Å². The van der Waals surface area contributed by atoms with E-state index in [0.29, 0.717) is 12.5 Å². The van der Waals surface area contributed by atoms with E-state index in [1.807, 2.05) is 11.9 Å². The van der Waals surface area contributed by atoms with Crippen molar-refractivity contribution < 1.29 is 4.79 Å². The summed E-state index contributed by atoms with van der Waals surface area (Å²) in [7, 11) is 1.93. The van der Waals surface area contributed by atoms with E-state index in [1.54, 1.807) is 11.8 Å². The Bertz CT molecular complexity index is 470. The van der Waals surface area contributed by atoms with Crippen LogP contribution in [0, 0.1) is 13.8 Å². The van der Waals surface area contributed by atoms with Gasteiger partial charge in [0.05, 0.1) is 0 Å². The molecular weight excluding hydrogens is 268 g/mol. The van der Waals surface area contributed by atoms with Crippen molar-refractivity contribution in [3.8, 4) is 0 Å². The van der Waals surface area contributed by atoms with Gasteiger partial charge >= 0.3 is 0 Å². The number of amides is 1. The number of likely N-dealkylation sites (N-methyl/N-ethyl adjacent to an activating group) is 1. The van der Waals surface area contributed by atoms with Crippen LogP contribution in [0.1, 0.15) is 24.0 Å². The lowest BCUT2D eigenvalue weighted by Crippen LogP contribution is -2.38. The van der Waals surface area contributed by atoms with Gasteiger partial charge in [0.2, 0.25) is 5.91 Å². The van der Waals surface area contributed by atoms with Crippen molar-refractivity contribution in [2.45, 2.75) is 37.6 Å². The quantitative estimate of drug-likeness (QED) is 0.847. The molecule has 2 rings (SSSR count). The van der Waals surface area contributed by atoms with E-state index in [1.165, 1.54) is 16.0 Å². The van der Waals surface area contributed by atoms with Crippen molar-refractivity contribution in [1.29, 1.82) is 0 Å². The highest BCUT2D eigenvalue weighted by molar-refractivity contribution is 7.99. The number of thioether (sulfide) groups is 1. The molecule has 1 aliphatic rings. The molecule has 0 bridgehead atoms. The summed E-state index contributed by atoms with van der Waals surface area (Å²) in [4.78, 5) is 15.3. The van der Waals surface area contributed by atoms with E-state index in [9.17, 15) is 4.79 Å². The lowest BCUT2D eigenvalue weighted by atomic mass is 10.1. The van der Waals surface area contributed by atoms with Crippen LogP contribution < -0.4 is 5.32 Å². The van der Waals surface area contributed by atoms with Crippen LogP contribution in [-0.2, 0) is 4.79 Å². The third-order valence-electron chi connectivity index (χ3n) is 4.04. The highest BCUT2D eigenvalue weighted by atomic mass is 32.2. The zero-order chi connectivity index (χ0) is 14.5. The zero-order valence-corrected chi connectivity index (χ0v) is 13.4. The fraction of sp³-hybridized carbons (Fsp3) is 0.562. The first-order valence-electron chi connectivity index (χ1n) is 7.24. The number of hydrogen-bond acceptors (Lipinski definition) is 3. The number of benzene rings is 1. The maximum absolute atomic E-state index is 12.1. The number of hydrogen-bond donors (Lipinski definition) is 1. The monoisotopic (exact) mass is 292 g/mol. The van der Waals surface area contributed by atoms with Gasteiger partial charge in [-0.15, -0.1) is 11.8 Å². The fourth-order valence-electron chi connectivity index (χ4n) is 2.41. The molecule has 1 unspecified atom stereocenters. The Morgan fingerprint density at radius 1 is 1.40 bits per heavy atom. The second-order valence-electron chi connectivity index (χ2n) is 5.50. The Labute approximate surface area is 126 Å². The van der Waals surface area contributed by atoms with Crippen molar-refractivity contribution in [2.24, 2.45) is 0 Å². The van der Waals surface area contributed by atoms with E-state index in [4.69, 9.17) is 0 Å². The number of aryl methyl sites for hydroxylation is 2. The normalized spacial score (nSPS) is 18.2. The number of rotatable bonds is 5. The van der Waals surface area contributed by atoms with Crippen molar-refractivity contribution in [3.05, 3.63) is 29.3 Å². The van der Waals surface area contributed by atoms with Gasteiger partial charge in [-0.2, -0.15) is 0 Å². The van der Waals surface area contributed by atoms with Crippen LogP contribution in [0.15, 0.2) is 23.1 Å². The lowest BCUT2D eigenvalue weighted by molar-refractivity contribution is -0.131. The average Bonchev–Trinajstić information content (AvgIpc) is 2.96. The van der Waals surface area contributed by atoms with Crippen LogP contribution in [0.25, 0.3) is 0 Å². The zero-order valence-electron chi connectivity index (χ0n) is 12.6. The van der Waals surface area contributed by atoms with Crippen molar-refractivity contribution in [1.82, 2.24) is 10.2 Å². The third-order valence-corrected chi connectivity index (χ3v) is 5.03. The van der Waals surface area contributed by atoms with Crippen LogP contribution in [0.3, 0.4) is 0 Å². The molecule has 0 aromatic heterocycles. The molecule has 1 fully saturated rings. The van der Waals surface area contributed by atoms with Gasteiger partial charge in [-0.1, -0.05) is 6.07 Å². The minimum atomic E-state index is 0.259. The van der Waals surface area contributed by atoms with Crippen molar-refractivity contribution in [2.75, 3.05) is 25.9 Å². The number of carbonyl (C=O) groups is 1. The van der Waals surface area contributed by atoms with Crippen LogP contribution in [0.2, 0.25) is 0 Å². The van der Waals surface area contributed by atoms with Crippen LogP contribution >= 0.6 is 11.8 Å². The maximum atomic E-state index is 12.1. The number of nitrogens with one attached hydrogen (secondary N) is 1. The van der Waals surface area contributed by atoms with Crippen molar-refractivity contribution in [3.63, 3.8) is 0 Å². The van der Waals surface area contributed by atoms with E-state index >= 15 is 0 Å². The first kappa shape index (κ1) is 15.4. The molecule has 1 N–H and O–H groups in total. The highest BCUT2D eigenvalue weighted by Crippen LogP contribution is 2.22. The summed E-state index contributed by atoms with van der Waals surface area (Å²) in [6.45, 7) is 6.22. The van der Waals surface area contributed by atoms with Gasteiger partial charge in [-0.25, -0.2) is 0 Å². The molecule has 0 saturated carbocycles. The molecule has 1 aliphatic heterocycles. The Morgan fingerprint density at radius 3 is 2.85 bits per heavy atom. The van der Waals surface area contributed by atoms with Gasteiger partial charge in [0.1, 0.15) is 0 Å². The first-order valence-corrected chi connectivity index (χ1v) is 8.23. The molecule has 20 heavy (non-hydrogen) atoms. The molecule has 0 aliphatic carbocycles. The molecule has 4 heteroatoms. The predicted molar refractivity (Wildman–Crippen MR) is 85.3 cm³/mol. The van der Waals surface area contributed by atoms with E-state index in [0.717, 1.165) is 25.3 Å². The minimum Gasteiger partial charge on any atom is -0.341 e. The Morgan fingerprint density at radius 2 is 2.20 bits per heavy atom. The van der Waals surface area contributed by atoms with Gasteiger partial charge in [0, 0.05) is 36.7 Å². The van der Waals surface area contributed by atoms with Crippen LogP contribution in [0.4, 0.5) is 0 Å². The topological polar surface area (TPSA) is 32.3 Å². The average molecular weight is 292 g/mol. The molecular formula is C16H24N2OS. The smallest absolute Gasteiger partial charge is 0.223 e. The molecule has 1 saturated heterocycles. The largest absolute Gasteiger partial charge is 0.341 e. The molecule has 1 heterocycles. The summed E-state index contributed by atoms with van der Waals surface area (Å²) in [6.07, 6.45) is 1.69. The second-order valence-corrected chi connectivity index (χ2v) is 6.66. The van der Waals surface area contributed by atoms with Gasteiger partial charge in [0.25, 0.3) is 0 Å². The van der Waals surface area contributed by atoms with E-state index in [-0.39, 0.29) is 5.91 Å². The summed E-state index contributed by atoms with van der Waals surface area (Å²) < 4.78 is 0. The number of nitrogens with zero attached hydrogens (tertiary/aromatic N) is 1. The molecule has 1 amide bonds. The minimum absolute atomic E-state index is 0.259. The fourth-order valence-corrected chi connectivity index (χ4v) is 3.35. The van der Waals surface area contributed by atoms with Gasteiger partial charge in [-0.3, -0.25) is 4.79 Å². The second kappa shape index (κ2) is 7.14. The van der Waals surface area contributed by atoms with E-state index < -0.39 is 0 Å². The van der Waals surface area contributed by atoms with Crippen LogP contribution in [-0.4, -0.2) is 42.7 Å². The van der Waals surface area contributed by atoms with Gasteiger partial charge in [0.15, 0.2) is 0 Å². The highest BCUT2D eigenvalue weighted by Gasteiger charge is 2.22. The summed E-state index contributed by atoms with van der Waals surface area (Å²) >= 11 is 1.77. The lowest BCUT2D eigenvalue weighted by Gasteiger charge is -2.23. The molecule has 1 aromatic carbocycles. The maximum Gasteiger partial charge on any atom is 0.223 e. The summed E-state index contributed by atoms with van der Waals surface area (Å²) in [5.74, 6) is 1.11. The molecule has 0 radical (unpaired) electrons.